The van der Waals surface area contributed by atoms with E-state index in [1.807, 2.05) is 0 Å². The lowest BCUT2D eigenvalue weighted by Gasteiger charge is -2.34. The Morgan fingerprint density at radius 1 is 1.21 bits per heavy atom. The zero-order valence-electron chi connectivity index (χ0n) is 21.3. The van der Waals surface area contributed by atoms with Crippen LogP contribution < -0.4 is 15.8 Å². The number of hydrogen-bond donors (Lipinski definition) is 2. The first-order chi connectivity index (χ1) is 18.7. The molecule has 4 atom stereocenters. The molecule has 0 radical (unpaired) electrons. The molecule has 0 bridgehead atoms. The Hall–Kier alpha value is -3.84. The van der Waals surface area contributed by atoms with Gasteiger partial charge in [0, 0.05) is 41.9 Å². The van der Waals surface area contributed by atoms with Gasteiger partial charge in [0.1, 0.15) is 11.3 Å². The Morgan fingerprint density at radius 3 is 2.82 bits per heavy atom. The molecule has 0 saturated heterocycles. The zero-order valence-corrected chi connectivity index (χ0v) is 22.1. The number of nitrogens with one attached hydrogen (secondary N) is 1. The van der Waals surface area contributed by atoms with E-state index in [0.29, 0.717) is 40.4 Å². The van der Waals surface area contributed by atoms with Crippen LogP contribution >= 0.6 is 11.8 Å². The van der Waals surface area contributed by atoms with Crippen LogP contribution in [0.4, 0.5) is 20.3 Å². The van der Waals surface area contributed by atoms with Gasteiger partial charge in [-0.05, 0) is 31.0 Å². The zero-order chi connectivity index (χ0) is 27.4. The van der Waals surface area contributed by atoms with Crippen molar-refractivity contribution in [3.05, 3.63) is 66.1 Å². The molecule has 202 valence electrons. The molecule has 4 heterocycles. The van der Waals surface area contributed by atoms with Crippen molar-refractivity contribution >= 4 is 39.3 Å². The molecule has 3 N–H and O–H groups in total. The number of hydrogen-bond acceptors (Lipinski definition) is 11. The second kappa shape index (κ2) is 9.42. The third-order valence-corrected chi connectivity index (χ3v) is 8.91. The number of benzene rings is 1. The first-order valence-electron chi connectivity index (χ1n) is 12.2. The number of aromatic nitrogens is 4. The van der Waals surface area contributed by atoms with Gasteiger partial charge in [-0.15, -0.1) is 0 Å². The number of halogens is 2. The van der Waals surface area contributed by atoms with Crippen molar-refractivity contribution in [3.8, 4) is 5.75 Å². The van der Waals surface area contributed by atoms with Gasteiger partial charge in [-0.3, -0.25) is 4.99 Å². The lowest BCUT2D eigenvalue weighted by Crippen LogP contribution is -2.37. The van der Waals surface area contributed by atoms with E-state index in [4.69, 9.17) is 19.7 Å². The van der Waals surface area contributed by atoms with Crippen molar-refractivity contribution in [2.75, 3.05) is 19.0 Å². The molecular weight excluding hydrogens is 528 g/mol. The highest BCUT2D eigenvalue weighted by atomic mass is 32.2. The molecule has 0 spiro atoms. The quantitative estimate of drug-likeness (QED) is 0.320. The standard InChI is InChI=1S/C26H25F2N7O3S/c1-13-22-25(2,34-24(29)39-26(13,22)11-36-3)17-7-15(8-18(27)20(17)28)33-23-21-14(4-5-30-23)6-16(9-31-21)37-10-19-32-12-38-35-19/h4-9,12-13,22H,10-11H2,1-3H3,(H2,29,34)(H,30,33)/t13?,22?,25-,26+/m1/s1. The molecule has 13 heteroatoms. The van der Waals surface area contributed by atoms with Crippen molar-refractivity contribution in [2.24, 2.45) is 22.6 Å². The summed E-state index contributed by atoms with van der Waals surface area (Å²) in [5.74, 6) is -0.640. The molecule has 1 aliphatic carbocycles. The van der Waals surface area contributed by atoms with Crippen molar-refractivity contribution in [2.45, 2.75) is 30.7 Å². The minimum Gasteiger partial charge on any atom is -0.484 e. The van der Waals surface area contributed by atoms with Crippen LogP contribution in [0, 0.1) is 23.5 Å². The van der Waals surface area contributed by atoms with Gasteiger partial charge in [0.25, 0.3) is 0 Å². The Balaban J connectivity index is 1.32. The predicted molar refractivity (Wildman–Crippen MR) is 142 cm³/mol. The average Bonchev–Trinajstić information content (AvgIpc) is 3.23. The van der Waals surface area contributed by atoms with E-state index in [2.05, 4.69) is 37.3 Å². The summed E-state index contributed by atoms with van der Waals surface area (Å²) in [5, 5.41) is 7.87. The lowest BCUT2D eigenvalue weighted by atomic mass is 9.84. The molecule has 0 amide bonds. The number of nitrogens with two attached hydrogens (primary N) is 1. The van der Waals surface area contributed by atoms with Crippen LogP contribution in [-0.4, -0.2) is 43.7 Å². The van der Waals surface area contributed by atoms with Gasteiger partial charge in [-0.2, -0.15) is 4.98 Å². The van der Waals surface area contributed by atoms with Gasteiger partial charge in [0.15, 0.2) is 29.2 Å². The van der Waals surface area contributed by atoms with Gasteiger partial charge in [-0.25, -0.2) is 18.7 Å². The molecule has 2 unspecified atom stereocenters. The summed E-state index contributed by atoms with van der Waals surface area (Å²) in [4.78, 5) is 17.4. The van der Waals surface area contributed by atoms with Gasteiger partial charge in [0.05, 0.1) is 23.1 Å². The molecular formula is C26H25F2N7O3S. The number of pyridine rings is 2. The highest BCUT2D eigenvalue weighted by Crippen LogP contribution is 2.69. The van der Waals surface area contributed by atoms with E-state index in [1.165, 1.54) is 24.4 Å². The van der Waals surface area contributed by atoms with E-state index in [1.54, 1.807) is 38.4 Å². The number of nitrogens with zero attached hydrogens (tertiary/aromatic N) is 5. The van der Waals surface area contributed by atoms with Crippen LogP contribution in [0.15, 0.2) is 52.6 Å². The molecule has 2 aliphatic rings. The summed E-state index contributed by atoms with van der Waals surface area (Å²) in [6.07, 6.45) is 4.35. The average molecular weight is 554 g/mol. The minimum atomic E-state index is -1.08. The maximum atomic E-state index is 15.4. The smallest absolute Gasteiger partial charge is 0.213 e. The molecule has 39 heavy (non-hydrogen) atoms. The summed E-state index contributed by atoms with van der Waals surface area (Å²) in [6, 6.07) is 6.21. The molecule has 4 aromatic rings. The first-order valence-corrected chi connectivity index (χ1v) is 13.0. The van der Waals surface area contributed by atoms with Crippen molar-refractivity contribution in [3.63, 3.8) is 0 Å². The van der Waals surface area contributed by atoms with Gasteiger partial charge >= 0.3 is 0 Å². The van der Waals surface area contributed by atoms with Crippen LogP contribution in [0.25, 0.3) is 10.9 Å². The number of thioether (sulfide) groups is 1. The molecule has 10 nitrogen and oxygen atoms in total. The van der Waals surface area contributed by atoms with Crippen LogP contribution in [0.1, 0.15) is 25.2 Å². The fourth-order valence-corrected chi connectivity index (χ4v) is 7.33. The summed E-state index contributed by atoms with van der Waals surface area (Å²) in [5.41, 5.74) is 6.07. The highest BCUT2D eigenvalue weighted by molar-refractivity contribution is 8.15. The number of rotatable bonds is 8. The summed E-state index contributed by atoms with van der Waals surface area (Å²) in [6.45, 7) is 4.41. The Labute approximate surface area is 226 Å². The number of methoxy groups -OCH3 is 1. The van der Waals surface area contributed by atoms with E-state index in [9.17, 15) is 0 Å². The maximum absolute atomic E-state index is 15.4. The van der Waals surface area contributed by atoms with Crippen LogP contribution in [0.5, 0.6) is 5.75 Å². The number of ether oxygens (including phenoxy) is 2. The Bertz CT molecular complexity index is 1590. The normalized spacial score (nSPS) is 25.7. The largest absolute Gasteiger partial charge is 0.484 e. The number of amidine groups is 1. The topological polar surface area (TPSA) is 134 Å². The van der Waals surface area contributed by atoms with Gasteiger partial charge < -0.3 is 25.0 Å². The van der Waals surface area contributed by atoms with E-state index in [0.717, 1.165) is 11.5 Å². The van der Waals surface area contributed by atoms with Crippen LogP contribution in [-0.2, 0) is 16.9 Å². The molecule has 1 aliphatic heterocycles. The summed E-state index contributed by atoms with van der Waals surface area (Å²) in [7, 11) is 1.62. The van der Waals surface area contributed by atoms with E-state index < -0.39 is 17.2 Å². The van der Waals surface area contributed by atoms with E-state index >= 15 is 8.78 Å². The minimum absolute atomic E-state index is 0.0883. The fourth-order valence-electron chi connectivity index (χ4n) is 5.72. The molecule has 6 rings (SSSR count). The van der Waals surface area contributed by atoms with E-state index in [-0.39, 0.29) is 28.8 Å². The Morgan fingerprint density at radius 2 is 2.05 bits per heavy atom. The third-order valence-electron chi connectivity index (χ3n) is 7.49. The highest BCUT2D eigenvalue weighted by Gasteiger charge is 2.72. The molecule has 1 aromatic carbocycles. The summed E-state index contributed by atoms with van der Waals surface area (Å²) < 4.78 is 45.9. The second-order valence-corrected chi connectivity index (χ2v) is 11.2. The summed E-state index contributed by atoms with van der Waals surface area (Å²) >= 11 is 1.45. The molecule has 1 fully saturated rings. The van der Waals surface area contributed by atoms with Crippen molar-refractivity contribution in [1.82, 2.24) is 20.1 Å². The van der Waals surface area contributed by atoms with Gasteiger partial charge in [0.2, 0.25) is 12.2 Å². The number of anilines is 2. The fraction of sp³-hybridized carbons (Fsp3) is 0.346. The molecule has 1 saturated carbocycles. The first kappa shape index (κ1) is 25.4. The number of aliphatic imine (C=N–C) groups is 1. The SMILES string of the molecule is COC[C@@]12SC(N)=N[C@](C)(c3cc(Nc4nccc5cc(OCc6ncon6)cnc45)cc(F)c3F)C1C2C. The van der Waals surface area contributed by atoms with Gasteiger partial charge in [-0.1, -0.05) is 23.8 Å². The lowest BCUT2D eigenvalue weighted by molar-refractivity contribution is 0.183. The second-order valence-electron chi connectivity index (χ2n) is 9.84. The van der Waals surface area contributed by atoms with Crippen molar-refractivity contribution in [1.29, 1.82) is 0 Å². The van der Waals surface area contributed by atoms with Crippen LogP contribution in [0.3, 0.4) is 0 Å². The number of fused-ring (bicyclic) bond motifs is 2. The molecule has 3 aromatic heterocycles. The van der Waals surface area contributed by atoms with Crippen molar-refractivity contribution < 1.29 is 22.8 Å². The predicted octanol–water partition coefficient (Wildman–Crippen LogP) is 4.54. The monoisotopic (exact) mass is 553 g/mol. The third kappa shape index (κ3) is 4.25. The Kier molecular flexibility index (Phi) is 6.14. The maximum Gasteiger partial charge on any atom is 0.213 e. The van der Waals surface area contributed by atoms with Crippen LogP contribution in [0.2, 0.25) is 0 Å².